The van der Waals surface area contributed by atoms with Gasteiger partial charge in [-0.05, 0) is 96.1 Å². The molecule has 5 heteroatoms. The van der Waals surface area contributed by atoms with Crippen LogP contribution in [0.1, 0.15) is 31.8 Å². The highest BCUT2D eigenvalue weighted by Gasteiger charge is 2.09. The summed E-state index contributed by atoms with van der Waals surface area (Å²) in [6.45, 7) is 0. The number of carbonyl (C=O) groups is 2. The number of benzene rings is 4. The molecule has 4 aromatic carbocycles. The molecule has 38 heavy (non-hydrogen) atoms. The smallest absolute Gasteiger partial charge is 0.185 e. The zero-order valence-corrected chi connectivity index (χ0v) is 21.6. The summed E-state index contributed by atoms with van der Waals surface area (Å²) in [6, 6.07) is 29.9. The van der Waals surface area contributed by atoms with Crippen molar-refractivity contribution in [1.82, 2.24) is 0 Å². The molecule has 0 unspecified atom stereocenters. The van der Waals surface area contributed by atoms with Crippen molar-refractivity contribution in [2.24, 2.45) is 0 Å². The maximum atomic E-state index is 12.9. The lowest BCUT2D eigenvalue weighted by Crippen LogP contribution is -2.09. The fourth-order valence-electron chi connectivity index (χ4n) is 3.90. The van der Waals surface area contributed by atoms with E-state index in [9.17, 15) is 9.59 Å². The van der Waals surface area contributed by atoms with E-state index in [2.05, 4.69) is 4.90 Å². The van der Waals surface area contributed by atoms with Gasteiger partial charge in [-0.15, -0.1) is 0 Å². The van der Waals surface area contributed by atoms with Gasteiger partial charge in [-0.2, -0.15) is 0 Å². The van der Waals surface area contributed by atoms with Gasteiger partial charge in [0, 0.05) is 29.5 Å². The van der Waals surface area contributed by atoms with Crippen LogP contribution >= 0.6 is 0 Å². The van der Waals surface area contributed by atoms with Gasteiger partial charge in [-0.25, -0.2) is 0 Å². The Bertz CT molecular complexity index is 1450. The van der Waals surface area contributed by atoms with E-state index in [0.29, 0.717) is 22.6 Å². The lowest BCUT2D eigenvalue weighted by Gasteiger charge is -2.20. The largest absolute Gasteiger partial charge is 0.497 e. The highest BCUT2D eigenvalue weighted by molar-refractivity contribution is 6.08. The van der Waals surface area contributed by atoms with Gasteiger partial charge < -0.3 is 14.4 Å². The molecule has 5 nitrogen and oxygen atoms in total. The Hall–Kier alpha value is -4.90. The van der Waals surface area contributed by atoms with E-state index >= 15 is 0 Å². The predicted molar refractivity (Wildman–Crippen MR) is 154 cm³/mol. The Morgan fingerprint density at radius 2 is 1.11 bits per heavy atom. The first kappa shape index (κ1) is 26.2. The summed E-state index contributed by atoms with van der Waals surface area (Å²) in [5, 5.41) is 0. The third-order valence-electron chi connectivity index (χ3n) is 6.18. The van der Waals surface area contributed by atoms with Crippen molar-refractivity contribution in [2.45, 2.75) is 0 Å². The number of ether oxygens (including phenoxy) is 2. The molecular formula is C33H29NO4. The number of nitrogens with zero attached hydrogens (tertiary/aromatic N) is 1. The van der Waals surface area contributed by atoms with Crippen molar-refractivity contribution in [3.8, 4) is 11.5 Å². The number of anilines is 2. The molecule has 0 radical (unpaired) electrons. The molecule has 0 bridgehead atoms. The first-order chi connectivity index (χ1) is 18.5. The Kier molecular flexibility index (Phi) is 8.52. The predicted octanol–water partition coefficient (Wildman–Crippen LogP) is 7.26. The molecule has 0 atom stereocenters. The van der Waals surface area contributed by atoms with Crippen LogP contribution in [0.2, 0.25) is 0 Å². The van der Waals surface area contributed by atoms with Crippen LogP contribution < -0.4 is 14.4 Å². The summed E-state index contributed by atoms with van der Waals surface area (Å²) < 4.78 is 10.4. The second-order valence-electron chi connectivity index (χ2n) is 8.56. The van der Waals surface area contributed by atoms with E-state index < -0.39 is 0 Å². The Morgan fingerprint density at radius 3 is 1.61 bits per heavy atom. The number of carbonyl (C=O) groups excluding carboxylic acids is 2. The van der Waals surface area contributed by atoms with Gasteiger partial charge in [0.1, 0.15) is 11.5 Å². The van der Waals surface area contributed by atoms with Crippen molar-refractivity contribution >= 4 is 35.1 Å². The lowest BCUT2D eigenvalue weighted by molar-refractivity contribution is 0.103. The van der Waals surface area contributed by atoms with E-state index in [4.69, 9.17) is 9.47 Å². The van der Waals surface area contributed by atoms with Gasteiger partial charge >= 0.3 is 0 Å². The van der Waals surface area contributed by atoms with Gasteiger partial charge in [0.2, 0.25) is 0 Å². The molecule has 0 N–H and O–H groups in total. The van der Waals surface area contributed by atoms with Gasteiger partial charge in [-0.3, -0.25) is 9.59 Å². The first-order valence-corrected chi connectivity index (χ1v) is 12.1. The molecular weight excluding hydrogens is 474 g/mol. The zero-order valence-electron chi connectivity index (χ0n) is 21.6. The van der Waals surface area contributed by atoms with Crippen molar-refractivity contribution in [1.29, 1.82) is 0 Å². The highest BCUT2D eigenvalue weighted by atomic mass is 16.5. The second-order valence-corrected chi connectivity index (χ2v) is 8.56. The molecule has 4 aromatic rings. The number of ketones is 2. The van der Waals surface area contributed by atoms with Crippen LogP contribution in [-0.4, -0.2) is 32.8 Å². The Balaban J connectivity index is 1.64. The molecule has 0 aromatic heterocycles. The molecule has 0 aliphatic rings. The standard InChI is InChI=1S/C33H29NO4/c1-34(28-7-5-4-6-8-28)29-16-9-24(14-21-32(35)25-10-17-30(37-2)18-11-25)27(23-29)15-22-33(36)26-12-19-31(38-3)20-13-26/h4-23H,1-3H3/b21-14+,22-15+. The number of hydrogen-bond acceptors (Lipinski definition) is 5. The van der Waals surface area contributed by atoms with Crippen molar-refractivity contribution in [3.63, 3.8) is 0 Å². The average Bonchev–Trinajstić information content (AvgIpc) is 2.99. The minimum atomic E-state index is -0.126. The van der Waals surface area contributed by atoms with Crippen molar-refractivity contribution in [2.75, 3.05) is 26.2 Å². The molecule has 190 valence electrons. The number of para-hydroxylation sites is 1. The van der Waals surface area contributed by atoms with Gasteiger partial charge in [0.05, 0.1) is 14.2 Å². The van der Waals surface area contributed by atoms with Gasteiger partial charge in [-0.1, -0.05) is 36.4 Å². The minimum absolute atomic E-state index is 0.123. The van der Waals surface area contributed by atoms with Crippen LogP contribution in [0.3, 0.4) is 0 Å². The Labute approximate surface area is 223 Å². The summed E-state index contributed by atoms with van der Waals surface area (Å²) in [6.07, 6.45) is 6.65. The number of methoxy groups -OCH3 is 2. The minimum Gasteiger partial charge on any atom is -0.497 e. The van der Waals surface area contributed by atoms with Crippen LogP contribution in [-0.2, 0) is 0 Å². The van der Waals surface area contributed by atoms with Crippen molar-refractivity contribution < 1.29 is 19.1 Å². The SMILES string of the molecule is COc1ccc(C(=O)/C=C/c2ccc(N(C)c3ccccc3)cc2/C=C/C(=O)c2ccc(OC)cc2)cc1. The molecule has 0 aliphatic carbocycles. The lowest BCUT2D eigenvalue weighted by atomic mass is 10.0. The summed E-state index contributed by atoms with van der Waals surface area (Å²) in [5.41, 5.74) is 4.74. The molecule has 0 fully saturated rings. The summed E-state index contributed by atoms with van der Waals surface area (Å²) in [4.78, 5) is 27.7. The first-order valence-electron chi connectivity index (χ1n) is 12.1. The fourth-order valence-corrected chi connectivity index (χ4v) is 3.90. The molecule has 0 aliphatic heterocycles. The molecule has 0 saturated heterocycles. The molecule has 0 amide bonds. The third-order valence-corrected chi connectivity index (χ3v) is 6.18. The molecule has 0 saturated carbocycles. The van der Waals surface area contributed by atoms with Crippen LogP contribution in [0.15, 0.2) is 109 Å². The summed E-state index contributed by atoms with van der Waals surface area (Å²) in [5.74, 6) is 1.13. The van der Waals surface area contributed by atoms with Crippen LogP contribution in [0.25, 0.3) is 12.2 Å². The summed E-state index contributed by atoms with van der Waals surface area (Å²) in [7, 11) is 5.16. The Morgan fingerprint density at radius 1 is 0.605 bits per heavy atom. The quantitative estimate of drug-likeness (QED) is 0.168. The molecule has 0 spiro atoms. The maximum Gasteiger partial charge on any atom is 0.185 e. The normalized spacial score (nSPS) is 11.0. The number of allylic oxidation sites excluding steroid dienone is 2. The van der Waals surface area contributed by atoms with E-state index in [1.54, 1.807) is 87.1 Å². The van der Waals surface area contributed by atoms with Crippen molar-refractivity contribution in [3.05, 3.63) is 131 Å². The third kappa shape index (κ3) is 6.45. The maximum absolute atomic E-state index is 12.9. The average molecular weight is 504 g/mol. The van der Waals surface area contributed by atoms with Gasteiger partial charge in [0.25, 0.3) is 0 Å². The number of rotatable bonds is 10. The van der Waals surface area contributed by atoms with Gasteiger partial charge in [0.15, 0.2) is 11.6 Å². The molecule has 4 rings (SSSR count). The fraction of sp³-hybridized carbons (Fsp3) is 0.0909. The van der Waals surface area contributed by atoms with E-state index in [0.717, 1.165) is 22.5 Å². The summed E-state index contributed by atoms with van der Waals surface area (Å²) >= 11 is 0. The van der Waals surface area contributed by atoms with Crippen LogP contribution in [0.5, 0.6) is 11.5 Å². The number of hydrogen-bond donors (Lipinski definition) is 0. The topological polar surface area (TPSA) is 55.8 Å². The van der Waals surface area contributed by atoms with Crippen LogP contribution in [0.4, 0.5) is 11.4 Å². The second kappa shape index (κ2) is 12.4. The van der Waals surface area contributed by atoms with E-state index in [-0.39, 0.29) is 11.6 Å². The van der Waals surface area contributed by atoms with Crippen LogP contribution in [0, 0.1) is 0 Å². The van der Waals surface area contributed by atoms with E-state index in [1.807, 2.05) is 55.6 Å². The highest BCUT2D eigenvalue weighted by Crippen LogP contribution is 2.27. The molecule has 0 heterocycles. The zero-order chi connectivity index (χ0) is 26.9. The monoisotopic (exact) mass is 503 g/mol. The van der Waals surface area contributed by atoms with E-state index in [1.165, 1.54) is 0 Å².